The van der Waals surface area contributed by atoms with E-state index >= 15 is 0 Å². The summed E-state index contributed by atoms with van der Waals surface area (Å²) >= 11 is 3.67. The quantitative estimate of drug-likeness (QED) is 0.853. The minimum absolute atomic E-state index is 0.0404. The van der Waals surface area contributed by atoms with Crippen molar-refractivity contribution >= 4 is 15.9 Å². The lowest BCUT2D eigenvalue weighted by molar-refractivity contribution is 0.410. The first kappa shape index (κ1) is 16.2. The van der Waals surface area contributed by atoms with Crippen LogP contribution < -0.4 is 5.73 Å². The number of nitrogens with two attached hydrogens (primary N) is 1. The van der Waals surface area contributed by atoms with Crippen LogP contribution in [0.15, 0.2) is 34.8 Å². The second-order valence-electron chi connectivity index (χ2n) is 5.32. The number of rotatable bonds is 6. The van der Waals surface area contributed by atoms with Crippen molar-refractivity contribution in [3.8, 4) is 0 Å². The zero-order chi connectivity index (χ0) is 15.4. The third kappa shape index (κ3) is 3.38. The first-order chi connectivity index (χ1) is 10.1. The molecule has 2 atom stereocenters. The average molecular weight is 350 g/mol. The number of nitrogens with zero attached hydrogens (tertiary/aromatic N) is 2. The monoisotopic (exact) mass is 349 g/mol. The lowest BCUT2D eigenvalue weighted by atomic mass is 9.98. The minimum Gasteiger partial charge on any atom is -0.326 e. The molecular formula is C17H24BrN3. The summed E-state index contributed by atoms with van der Waals surface area (Å²) in [4.78, 5) is 0. The van der Waals surface area contributed by atoms with Gasteiger partial charge in [-0.05, 0) is 37.0 Å². The van der Waals surface area contributed by atoms with E-state index in [2.05, 4.69) is 65.6 Å². The van der Waals surface area contributed by atoms with Crippen LogP contribution in [-0.2, 0) is 12.8 Å². The van der Waals surface area contributed by atoms with Crippen molar-refractivity contribution in [1.82, 2.24) is 9.78 Å². The van der Waals surface area contributed by atoms with Gasteiger partial charge in [-0.15, -0.1) is 0 Å². The Balaban J connectivity index is 2.56. The zero-order valence-corrected chi connectivity index (χ0v) is 14.6. The summed E-state index contributed by atoms with van der Waals surface area (Å²) in [7, 11) is 0. The van der Waals surface area contributed by atoms with Gasteiger partial charge in [0.05, 0.1) is 11.7 Å². The van der Waals surface area contributed by atoms with Crippen LogP contribution >= 0.6 is 15.9 Å². The number of hydrogen-bond acceptors (Lipinski definition) is 2. The summed E-state index contributed by atoms with van der Waals surface area (Å²) < 4.78 is 3.22. The molecule has 3 nitrogen and oxygen atoms in total. The first-order valence-corrected chi connectivity index (χ1v) is 8.48. The summed E-state index contributed by atoms with van der Waals surface area (Å²) in [6.07, 6.45) is 2.82. The van der Waals surface area contributed by atoms with Gasteiger partial charge in [0.15, 0.2) is 0 Å². The lowest BCUT2D eigenvalue weighted by Gasteiger charge is -2.26. The van der Waals surface area contributed by atoms with E-state index in [4.69, 9.17) is 10.8 Å². The highest BCUT2D eigenvalue weighted by Gasteiger charge is 2.25. The van der Waals surface area contributed by atoms with Gasteiger partial charge in [0, 0.05) is 16.2 Å². The number of halogens is 1. The molecule has 0 saturated heterocycles. The predicted octanol–water partition coefficient (Wildman–Crippen LogP) is 4.10. The molecule has 2 N–H and O–H groups in total. The molecule has 4 heteroatoms. The smallest absolute Gasteiger partial charge is 0.0933 e. The molecule has 2 rings (SSSR count). The Morgan fingerprint density at radius 1 is 1.19 bits per heavy atom. The highest BCUT2D eigenvalue weighted by atomic mass is 79.9. The molecule has 0 aliphatic rings. The van der Waals surface area contributed by atoms with E-state index in [-0.39, 0.29) is 12.1 Å². The van der Waals surface area contributed by atoms with E-state index in [1.165, 1.54) is 11.3 Å². The molecule has 0 aliphatic carbocycles. The van der Waals surface area contributed by atoms with Crippen LogP contribution in [0.2, 0.25) is 0 Å². The fraction of sp³-hybridized carbons (Fsp3) is 0.471. The molecule has 0 aliphatic heterocycles. The van der Waals surface area contributed by atoms with Gasteiger partial charge in [-0.2, -0.15) is 5.10 Å². The van der Waals surface area contributed by atoms with E-state index in [1.807, 2.05) is 6.07 Å². The molecule has 2 aromatic rings. The summed E-state index contributed by atoms with van der Waals surface area (Å²) in [6, 6.07) is 10.6. The Hall–Kier alpha value is -1.13. The van der Waals surface area contributed by atoms with Crippen molar-refractivity contribution < 1.29 is 0 Å². The van der Waals surface area contributed by atoms with Crippen LogP contribution in [0, 0.1) is 0 Å². The van der Waals surface area contributed by atoms with E-state index in [0.29, 0.717) is 0 Å². The number of aromatic nitrogens is 2. The number of hydrogen-bond donors (Lipinski definition) is 1. The molecule has 1 heterocycles. The molecule has 0 spiro atoms. The summed E-state index contributed by atoms with van der Waals surface area (Å²) in [5, 5.41) is 4.80. The van der Waals surface area contributed by atoms with E-state index < -0.39 is 0 Å². The predicted molar refractivity (Wildman–Crippen MR) is 91.5 cm³/mol. The molecule has 0 fully saturated rings. The zero-order valence-electron chi connectivity index (χ0n) is 13.0. The molecule has 1 aromatic heterocycles. The van der Waals surface area contributed by atoms with Crippen LogP contribution in [0.3, 0.4) is 0 Å². The van der Waals surface area contributed by atoms with Gasteiger partial charge in [0.2, 0.25) is 0 Å². The van der Waals surface area contributed by atoms with Crippen molar-refractivity contribution in [2.24, 2.45) is 5.73 Å². The van der Waals surface area contributed by atoms with Gasteiger partial charge in [0.25, 0.3) is 0 Å². The van der Waals surface area contributed by atoms with Gasteiger partial charge in [-0.1, -0.05) is 54.9 Å². The normalized spacial score (nSPS) is 14.1. The van der Waals surface area contributed by atoms with Gasteiger partial charge in [-0.3, -0.25) is 4.68 Å². The molecule has 114 valence electrons. The standard InChI is InChI=1S/C17H24BrN3/c1-4-12-11-13(5-2)21(20-12)17(16(19)6-3)14-9-7-8-10-15(14)18/h7-11,16-17H,4-6,19H2,1-3H3. The molecule has 2 unspecified atom stereocenters. The third-order valence-corrected chi connectivity index (χ3v) is 4.67. The van der Waals surface area contributed by atoms with Crippen molar-refractivity contribution in [3.63, 3.8) is 0 Å². The molecule has 0 saturated carbocycles. The summed E-state index contributed by atoms with van der Waals surface area (Å²) in [6.45, 7) is 6.44. The largest absolute Gasteiger partial charge is 0.326 e. The van der Waals surface area contributed by atoms with Crippen molar-refractivity contribution in [2.75, 3.05) is 0 Å². The van der Waals surface area contributed by atoms with E-state index in [0.717, 1.165) is 29.4 Å². The molecule has 0 bridgehead atoms. The number of benzene rings is 1. The van der Waals surface area contributed by atoms with Crippen LogP contribution in [0.5, 0.6) is 0 Å². The third-order valence-electron chi connectivity index (χ3n) is 3.95. The van der Waals surface area contributed by atoms with Gasteiger partial charge < -0.3 is 5.73 Å². The van der Waals surface area contributed by atoms with Gasteiger partial charge in [0.1, 0.15) is 0 Å². The highest BCUT2D eigenvalue weighted by Crippen LogP contribution is 2.30. The van der Waals surface area contributed by atoms with Crippen LogP contribution in [0.4, 0.5) is 0 Å². The molecular weight excluding hydrogens is 326 g/mol. The Morgan fingerprint density at radius 3 is 2.48 bits per heavy atom. The maximum Gasteiger partial charge on any atom is 0.0933 e. The minimum atomic E-state index is 0.0404. The highest BCUT2D eigenvalue weighted by molar-refractivity contribution is 9.10. The van der Waals surface area contributed by atoms with Crippen molar-refractivity contribution in [1.29, 1.82) is 0 Å². The van der Waals surface area contributed by atoms with Gasteiger partial charge in [-0.25, -0.2) is 0 Å². The second-order valence-corrected chi connectivity index (χ2v) is 6.17. The molecule has 21 heavy (non-hydrogen) atoms. The fourth-order valence-electron chi connectivity index (χ4n) is 2.65. The van der Waals surface area contributed by atoms with Crippen molar-refractivity contribution in [3.05, 3.63) is 51.8 Å². The molecule has 1 aromatic carbocycles. The maximum atomic E-state index is 6.44. The Kier molecular flexibility index (Phi) is 5.59. The average Bonchev–Trinajstić information content (AvgIpc) is 2.92. The van der Waals surface area contributed by atoms with Crippen LogP contribution in [-0.4, -0.2) is 15.8 Å². The summed E-state index contributed by atoms with van der Waals surface area (Å²) in [5.74, 6) is 0. The van der Waals surface area contributed by atoms with Crippen molar-refractivity contribution in [2.45, 2.75) is 52.1 Å². The van der Waals surface area contributed by atoms with Crippen LogP contribution in [0.1, 0.15) is 50.2 Å². The topological polar surface area (TPSA) is 43.8 Å². The van der Waals surface area contributed by atoms with Gasteiger partial charge >= 0.3 is 0 Å². The Bertz CT molecular complexity index is 591. The Labute approximate surface area is 135 Å². The lowest BCUT2D eigenvalue weighted by Crippen LogP contribution is -2.34. The van der Waals surface area contributed by atoms with Crippen LogP contribution in [0.25, 0.3) is 0 Å². The first-order valence-electron chi connectivity index (χ1n) is 7.69. The molecule has 0 radical (unpaired) electrons. The number of aryl methyl sites for hydroxylation is 2. The molecule has 0 amide bonds. The fourth-order valence-corrected chi connectivity index (χ4v) is 3.17. The van der Waals surface area contributed by atoms with E-state index in [1.54, 1.807) is 0 Å². The SMILES string of the molecule is CCc1cc(CC)n(C(c2ccccc2Br)C(N)CC)n1. The maximum absolute atomic E-state index is 6.44. The van der Waals surface area contributed by atoms with E-state index in [9.17, 15) is 0 Å². The summed E-state index contributed by atoms with van der Waals surface area (Å²) in [5.41, 5.74) is 10.0. The second kappa shape index (κ2) is 7.23. The Morgan fingerprint density at radius 2 is 1.90 bits per heavy atom.